The average molecular weight is 410 g/mol. The third-order valence-electron chi connectivity index (χ3n) is 4.76. The number of nitrogens with zero attached hydrogens (tertiary/aromatic N) is 2. The molecule has 0 amide bonds. The molecule has 28 heavy (non-hydrogen) atoms. The fraction of sp³-hybridized carbons (Fsp3) is 0.526. The van der Waals surface area contributed by atoms with Gasteiger partial charge in [-0.1, -0.05) is 12.1 Å². The number of hydrogen-bond donors (Lipinski definition) is 1. The first-order valence-corrected chi connectivity index (χ1v) is 10.9. The van der Waals surface area contributed by atoms with Crippen molar-refractivity contribution in [3.05, 3.63) is 30.0 Å². The van der Waals surface area contributed by atoms with Gasteiger partial charge in [0.2, 0.25) is 10.0 Å². The molecule has 1 aromatic heterocycles. The summed E-state index contributed by atoms with van der Waals surface area (Å²) < 4.78 is 45.0. The maximum absolute atomic E-state index is 13.1. The number of aryl methyl sites for hydroxylation is 1. The van der Waals surface area contributed by atoms with Gasteiger partial charge in [-0.3, -0.25) is 4.90 Å². The van der Waals surface area contributed by atoms with E-state index < -0.39 is 10.0 Å². The summed E-state index contributed by atoms with van der Waals surface area (Å²) in [6, 6.07) is 6.50. The van der Waals surface area contributed by atoms with Crippen molar-refractivity contribution in [2.24, 2.45) is 0 Å². The van der Waals surface area contributed by atoms with E-state index in [-0.39, 0.29) is 16.7 Å². The van der Waals surface area contributed by atoms with Crippen LogP contribution in [0.1, 0.15) is 19.0 Å². The first-order chi connectivity index (χ1) is 13.4. The number of ether oxygens (including phenoxy) is 2. The van der Waals surface area contributed by atoms with Crippen LogP contribution in [0, 0.1) is 6.92 Å². The van der Waals surface area contributed by atoms with Crippen molar-refractivity contribution in [1.29, 1.82) is 0 Å². The molecule has 1 aromatic carbocycles. The molecule has 1 N–H and O–H groups in total. The maximum atomic E-state index is 13.1. The zero-order chi connectivity index (χ0) is 20.1. The number of methoxy groups -OCH3 is 1. The van der Waals surface area contributed by atoms with Crippen molar-refractivity contribution in [3.63, 3.8) is 0 Å². The molecule has 2 heterocycles. The molecule has 0 unspecified atom stereocenters. The number of benzene rings is 1. The summed E-state index contributed by atoms with van der Waals surface area (Å²) in [5, 5.41) is 3.87. The summed E-state index contributed by atoms with van der Waals surface area (Å²) in [6.07, 6.45) is 0.680. The standard InChI is InChI=1S/C19H27N3O5S/c1-4-16(13-22-7-9-26-10-8-22)21-28(23,24)19-12-15(5-6-17(19)25-3)18-11-14(2)20-27-18/h5-6,11-12,16,21H,4,7-10,13H2,1-3H3/t16-/m0/s1. The van der Waals surface area contributed by atoms with E-state index in [1.54, 1.807) is 24.3 Å². The smallest absolute Gasteiger partial charge is 0.244 e. The van der Waals surface area contributed by atoms with Crippen LogP contribution in [0.15, 0.2) is 33.7 Å². The molecular formula is C19H27N3O5S. The second-order valence-corrected chi connectivity index (χ2v) is 8.52. The zero-order valence-electron chi connectivity index (χ0n) is 16.5. The molecule has 1 aliphatic rings. The van der Waals surface area contributed by atoms with E-state index in [0.29, 0.717) is 37.5 Å². The molecule has 154 valence electrons. The molecule has 1 aliphatic heterocycles. The molecule has 0 aliphatic carbocycles. The molecule has 1 atom stereocenters. The summed E-state index contributed by atoms with van der Waals surface area (Å²) in [4.78, 5) is 2.30. The van der Waals surface area contributed by atoms with Gasteiger partial charge in [-0.25, -0.2) is 13.1 Å². The van der Waals surface area contributed by atoms with Crippen molar-refractivity contribution >= 4 is 10.0 Å². The molecule has 1 fully saturated rings. The molecule has 0 bridgehead atoms. The molecule has 1 saturated heterocycles. The van der Waals surface area contributed by atoms with Crippen molar-refractivity contribution < 1.29 is 22.4 Å². The highest BCUT2D eigenvalue weighted by molar-refractivity contribution is 7.89. The van der Waals surface area contributed by atoms with E-state index in [2.05, 4.69) is 14.8 Å². The lowest BCUT2D eigenvalue weighted by Gasteiger charge is -2.30. The van der Waals surface area contributed by atoms with Crippen LogP contribution in [-0.2, 0) is 14.8 Å². The third kappa shape index (κ3) is 4.91. The fourth-order valence-electron chi connectivity index (χ4n) is 3.17. The van der Waals surface area contributed by atoms with Gasteiger partial charge in [-0.15, -0.1) is 0 Å². The highest BCUT2D eigenvalue weighted by atomic mass is 32.2. The molecule has 9 heteroatoms. The lowest BCUT2D eigenvalue weighted by Crippen LogP contribution is -2.47. The van der Waals surface area contributed by atoms with Gasteiger partial charge in [0.15, 0.2) is 5.76 Å². The Labute approximate surface area is 165 Å². The van der Waals surface area contributed by atoms with Crippen LogP contribution in [0.2, 0.25) is 0 Å². The maximum Gasteiger partial charge on any atom is 0.244 e. The normalized spacial score (nSPS) is 16.8. The lowest BCUT2D eigenvalue weighted by molar-refractivity contribution is 0.0344. The van der Waals surface area contributed by atoms with E-state index in [1.807, 2.05) is 13.8 Å². The van der Waals surface area contributed by atoms with Crippen LogP contribution in [0.5, 0.6) is 5.75 Å². The number of hydrogen-bond acceptors (Lipinski definition) is 7. The van der Waals surface area contributed by atoms with Gasteiger partial charge in [0.05, 0.1) is 26.0 Å². The van der Waals surface area contributed by atoms with Crippen LogP contribution in [-0.4, -0.2) is 64.5 Å². The van der Waals surface area contributed by atoms with Crippen LogP contribution in [0.4, 0.5) is 0 Å². The number of rotatable bonds is 8. The summed E-state index contributed by atoms with van der Waals surface area (Å²) in [5.41, 5.74) is 1.35. The Kier molecular flexibility index (Phi) is 6.71. The highest BCUT2D eigenvalue weighted by Crippen LogP contribution is 2.30. The topological polar surface area (TPSA) is 93.9 Å². The minimum absolute atomic E-state index is 0.0852. The van der Waals surface area contributed by atoms with Gasteiger partial charge in [0, 0.05) is 37.3 Å². The largest absolute Gasteiger partial charge is 0.495 e. The summed E-state index contributed by atoms with van der Waals surface area (Å²) in [5.74, 6) is 0.797. The van der Waals surface area contributed by atoms with Gasteiger partial charge in [-0.05, 0) is 31.5 Å². The summed E-state index contributed by atoms with van der Waals surface area (Å²) >= 11 is 0. The van der Waals surface area contributed by atoms with Crippen molar-refractivity contribution in [1.82, 2.24) is 14.8 Å². The zero-order valence-corrected chi connectivity index (χ0v) is 17.3. The predicted octanol–water partition coefficient (Wildman–Crippen LogP) is 2.05. The third-order valence-corrected chi connectivity index (χ3v) is 6.30. The van der Waals surface area contributed by atoms with Gasteiger partial charge < -0.3 is 14.0 Å². The molecule has 8 nitrogen and oxygen atoms in total. The first-order valence-electron chi connectivity index (χ1n) is 9.37. The number of sulfonamides is 1. The van der Waals surface area contributed by atoms with Gasteiger partial charge in [0.1, 0.15) is 10.6 Å². The second-order valence-electron chi connectivity index (χ2n) is 6.84. The quantitative estimate of drug-likeness (QED) is 0.713. The Morgan fingerprint density at radius 3 is 2.64 bits per heavy atom. The Morgan fingerprint density at radius 2 is 2.04 bits per heavy atom. The van der Waals surface area contributed by atoms with Crippen molar-refractivity contribution in [2.75, 3.05) is 40.0 Å². The van der Waals surface area contributed by atoms with Crippen LogP contribution in [0.25, 0.3) is 11.3 Å². The highest BCUT2D eigenvalue weighted by Gasteiger charge is 2.26. The van der Waals surface area contributed by atoms with Crippen LogP contribution in [0.3, 0.4) is 0 Å². The van der Waals surface area contributed by atoms with Crippen molar-refractivity contribution in [3.8, 4) is 17.1 Å². The summed E-state index contributed by atoms with van der Waals surface area (Å²) in [6.45, 7) is 7.39. The second kappa shape index (κ2) is 9.04. The molecule has 0 spiro atoms. The molecule has 3 rings (SSSR count). The van der Waals surface area contributed by atoms with Crippen LogP contribution < -0.4 is 9.46 Å². The minimum Gasteiger partial charge on any atom is -0.495 e. The molecule has 0 saturated carbocycles. The SMILES string of the molecule is CC[C@@H](CN1CCOCC1)NS(=O)(=O)c1cc(-c2cc(C)no2)ccc1OC. The summed E-state index contributed by atoms with van der Waals surface area (Å²) in [7, 11) is -2.33. The first kappa shape index (κ1) is 20.8. The molecular weight excluding hydrogens is 382 g/mol. The minimum atomic E-state index is -3.78. The lowest BCUT2D eigenvalue weighted by atomic mass is 10.1. The number of aromatic nitrogens is 1. The van der Waals surface area contributed by atoms with Gasteiger partial charge >= 0.3 is 0 Å². The molecule has 2 aromatic rings. The Morgan fingerprint density at radius 1 is 1.29 bits per heavy atom. The Hall–Kier alpha value is -1.94. The van der Waals surface area contributed by atoms with E-state index in [1.165, 1.54) is 7.11 Å². The monoisotopic (exact) mass is 409 g/mol. The van der Waals surface area contributed by atoms with Gasteiger partial charge in [0.25, 0.3) is 0 Å². The van der Waals surface area contributed by atoms with Gasteiger partial charge in [-0.2, -0.15) is 0 Å². The van der Waals surface area contributed by atoms with E-state index in [0.717, 1.165) is 18.8 Å². The van der Waals surface area contributed by atoms with E-state index in [4.69, 9.17) is 14.0 Å². The van der Waals surface area contributed by atoms with Crippen molar-refractivity contribution in [2.45, 2.75) is 31.2 Å². The van der Waals surface area contributed by atoms with E-state index >= 15 is 0 Å². The number of morpholine rings is 1. The Balaban J connectivity index is 1.84. The molecule has 0 radical (unpaired) electrons. The fourth-order valence-corrected chi connectivity index (χ4v) is 4.67. The predicted molar refractivity (Wildman–Crippen MR) is 105 cm³/mol. The van der Waals surface area contributed by atoms with E-state index in [9.17, 15) is 8.42 Å². The number of nitrogens with one attached hydrogen (secondary N) is 1. The Bertz CT molecular complexity index is 891. The van der Waals surface area contributed by atoms with Crippen LogP contribution >= 0.6 is 0 Å². The average Bonchev–Trinajstić information content (AvgIpc) is 3.14.